The molecule has 17 heavy (non-hydrogen) atoms. The van der Waals surface area contributed by atoms with Gasteiger partial charge < -0.3 is 10.2 Å². The summed E-state index contributed by atoms with van der Waals surface area (Å²) in [5.74, 6) is 2.37. The van der Waals surface area contributed by atoms with E-state index in [1.54, 1.807) is 0 Å². The molecule has 0 atom stereocenters. The molecule has 1 saturated heterocycles. The number of hydrogen-bond acceptors (Lipinski definition) is 3. The van der Waals surface area contributed by atoms with Crippen molar-refractivity contribution in [2.75, 3.05) is 31.1 Å². The lowest BCUT2D eigenvalue weighted by Crippen LogP contribution is -2.42. The molecule has 0 unspecified atom stereocenters. The third-order valence-electron chi connectivity index (χ3n) is 2.81. The number of benzene rings is 1. The first-order chi connectivity index (χ1) is 8.36. The number of thioether (sulfide) groups is 1. The second kappa shape index (κ2) is 6.67. The van der Waals surface area contributed by atoms with Crippen LogP contribution in [-0.2, 0) is 11.3 Å². The molecule has 1 heterocycles. The van der Waals surface area contributed by atoms with Gasteiger partial charge in [-0.1, -0.05) is 30.3 Å². The molecular formula is C13H18N2OS. The van der Waals surface area contributed by atoms with E-state index in [-0.39, 0.29) is 5.91 Å². The molecule has 1 N–H and O–H groups in total. The van der Waals surface area contributed by atoms with Gasteiger partial charge in [0.05, 0.1) is 6.54 Å². The Labute approximate surface area is 107 Å². The number of nitrogens with one attached hydrogen (secondary N) is 1. The molecule has 0 spiro atoms. The summed E-state index contributed by atoms with van der Waals surface area (Å²) in [6, 6.07) is 10.2. The third kappa shape index (κ3) is 4.06. The summed E-state index contributed by atoms with van der Waals surface area (Å²) >= 11 is 1.92. The molecule has 1 aliphatic rings. The van der Waals surface area contributed by atoms with Crippen LogP contribution < -0.4 is 5.32 Å². The Morgan fingerprint density at radius 3 is 2.65 bits per heavy atom. The van der Waals surface area contributed by atoms with E-state index < -0.39 is 0 Å². The number of carbonyl (C=O) groups excluding carboxylic acids is 1. The van der Waals surface area contributed by atoms with E-state index in [9.17, 15) is 4.79 Å². The Balaban J connectivity index is 1.69. The number of nitrogens with zero attached hydrogens (tertiary/aromatic N) is 1. The van der Waals surface area contributed by atoms with Crippen LogP contribution in [0.15, 0.2) is 30.3 Å². The number of carbonyl (C=O) groups is 1. The molecule has 1 aliphatic heterocycles. The van der Waals surface area contributed by atoms with E-state index in [1.807, 2.05) is 34.9 Å². The molecule has 1 fully saturated rings. The van der Waals surface area contributed by atoms with Crippen molar-refractivity contribution in [1.82, 2.24) is 10.2 Å². The first-order valence-electron chi connectivity index (χ1n) is 5.96. The molecular weight excluding hydrogens is 232 g/mol. The molecule has 4 heteroatoms. The van der Waals surface area contributed by atoms with Crippen molar-refractivity contribution in [3.63, 3.8) is 0 Å². The molecule has 0 bridgehead atoms. The van der Waals surface area contributed by atoms with Gasteiger partial charge in [-0.15, -0.1) is 0 Å². The SMILES string of the molecule is O=C(CNCc1ccccc1)N1CCSCC1. The van der Waals surface area contributed by atoms with Crippen molar-refractivity contribution in [2.45, 2.75) is 6.54 Å². The van der Waals surface area contributed by atoms with Gasteiger partial charge in [-0.05, 0) is 5.56 Å². The predicted octanol–water partition coefficient (Wildman–Crippen LogP) is 1.35. The van der Waals surface area contributed by atoms with Crippen LogP contribution in [0.5, 0.6) is 0 Å². The lowest BCUT2D eigenvalue weighted by atomic mass is 10.2. The van der Waals surface area contributed by atoms with Crippen LogP contribution in [0.25, 0.3) is 0 Å². The smallest absolute Gasteiger partial charge is 0.236 e. The summed E-state index contributed by atoms with van der Waals surface area (Å²) in [6.45, 7) is 3.00. The molecule has 1 aromatic rings. The fourth-order valence-corrected chi connectivity index (χ4v) is 2.74. The first kappa shape index (κ1) is 12.5. The molecule has 1 aromatic carbocycles. The molecule has 0 saturated carbocycles. The zero-order valence-corrected chi connectivity index (χ0v) is 10.7. The summed E-state index contributed by atoms with van der Waals surface area (Å²) in [4.78, 5) is 13.8. The standard InChI is InChI=1S/C13H18N2OS/c16-13(15-6-8-17-9-7-15)11-14-10-12-4-2-1-3-5-12/h1-5,14H,6-11H2. The highest BCUT2D eigenvalue weighted by Gasteiger charge is 2.15. The third-order valence-corrected chi connectivity index (χ3v) is 3.75. The van der Waals surface area contributed by atoms with Crippen LogP contribution in [0.1, 0.15) is 5.56 Å². The molecule has 3 nitrogen and oxygen atoms in total. The van der Waals surface area contributed by atoms with Crippen molar-refractivity contribution >= 4 is 17.7 Å². The van der Waals surface area contributed by atoms with E-state index in [2.05, 4.69) is 17.4 Å². The summed E-state index contributed by atoms with van der Waals surface area (Å²) in [5, 5.41) is 3.20. The van der Waals surface area contributed by atoms with Crippen molar-refractivity contribution in [3.8, 4) is 0 Å². The van der Waals surface area contributed by atoms with Gasteiger partial charge in [-0.2, -0.15) is 11.8 Å². The lowest BCUT2D eigenvalue weighted by Gasteiger charge is -2.26. The number of hydrogen-bond donors (Lipinski definition) is 1. The van der Waals surface area contributed by atoms with Crippen molar-refractivity contribution in [2.24, 2.45) is 0 Å². The van der Waals surface area contributed by atoms with Gasteiger partial charge in [0, 0.05) is 31.1 Å². The maximum atomic E-state index is 11.8. The molecule has 0 radical (unpaired) electrons. The highest BCUT2D eigenvalue weighted by atomic mass is 32.2. The zero-order chi connectivity index (χ0) is 11.9. The zero-order valence-electron chi connectivity index (χ0n) is 9.89. The highest BCUT2D eigenvalue weighted by molar-refractivity contribution is 7.99. The van der Waals surface area contributed by atoms with Gasteiger partial charge in [-0.25, -0.2) is 0 Å². The van der Waals surface area contributed by atoms with Gasteiger partial charge >= 0.3 is 0 Å². The van der Waals surface area contributed by atoms with E-state index in [0.29, 0.717) is 6.54 Å². The molecule has 2 rings (SSSR count). The fourth-order valence-electron chi connectivity index (χ4n) is 1.83. The topological polar surface area (TPSA) is 32.3 Å². The van der Waals surface area contributed by atoms with Gasteiger partial charge in [0.1, 0.15) is 0 Å². The second-order valence-electron chi connectivity index (χ2n) is 4.08. The maximum absolute atomic E-state index is 11.8. The predicted molar refractivity (Wildman–Crippen MR) is 72.1 cm³/mol. The first-order valence-corrected chi connectivity index (χ1v) is 7.12. The monoisotopic (exact) mass is 250 g/mol. The minimum Gasteiger partial charge on any atom is -0.340 e. The van der Waals surface area contributed by atoms with Crippen LogP contribution in [0.3, 0.4) is 0 Å². The Morgan fingerprint density at radius 2 is 1.94 bits per heavy atom. The van der Waals surface area contributed by atoms with Gasteiger partial charge in [-0.3, -0.25) is 4.79 Å². The van der Waals surface area contributed by atoms with E-state index in [4.69, 9.17) is 0 Å². The number of rotatable bonds is 4. The van der Waals surface area contributed by atoms with Crippen LogP contribution >= 0.6 is 11.8 Å². The molecule has 1 amide bonds. The Hall–Kier alpha value is -1.000. The van der Waals surface area contributed by atoms with Crippen molar-refractivity contribution in [3.05, 3.63) is 35.9 Å². The van der Waals surface area contributed by atoms with Gasteiger partial charge in [0.15, 0.2) is 0 Å². The van der Waals surface area contributed by atoms with Crippen LogP contribution in [0.2, 0.25) is 0 Å². The lowest BCUT2D eigenvalue weighted by molar-refractivity contribution is -0.129. The van der Waals surface area contributed by atoms with E-state index >= 15 is 0 Å². The summed E-state index contributed by atoms with van der Waals surface area (Å²) in [6.07, 6.45) is 0. The van der Waals surface area contributed by atoms with Gasteiger partial charge in [0.2, 0.25) is 5.91 Å². The second-order valence-corrected chi connectivity index (χ2v) is 5.31. The molecule has 0 aromatic heterocycles. The fraction of sp³-hybridized carbons (Fsp3) is 0.462. The summed E-state index contributed by atoms with van der Waals surface area (Å²) in [5.41, 5.74) is 1.22. The molecule has 0 aliphatic carbocycles. The molecule has 92 valence electrons. The Kier molecular flexibility index (Phi) is 4.88. The average Bonchev–Trinajstić information content (AvgIpc) is 2.41. The maximum Gasteiger partial charge on any atom is 0.236 e. The Morgan fingerprint density at radius 1 is 1.24 bits per heavy atom. The summed E-state index contributed by atoms with van der Waals surface area (Å²) < 4.78 is 0. The Bertz CT molecular complexity index is 350. The van der Waals surface area contributed by atoms with Crippen LogP contribution in [-0.4, -0.2) is 41.9 Å². The summed E-state index contributed by atoms with van der Waals surface area (Å²) in [7, 11) is 0. The minimum atomic E-state index is 0.223. The van der Waals surface area contributed by atoms with E-state index in [1.165, 1.54) is 5.56 Å². The highest BCUT2D eigenvalue weighted by Crippen LogP contribution is 2.08. The quantitative estimate of drug-likeness (QED) is 0.875. The van der Waals surface area contributed by atoms with Crippen LogP contribution in [0, 0.1) is 0 Å². The largest absolute Gasteiger partial charge is 0.340 e. The number of amides is 1. The average molecular weight is 250 g/mol. The van der Waals surface area contributed by atoms with Crippen molar-refractivity contribution in [1.29, 1.82) is 0 Å². The minimum absolute atomic E-state index is 0.223. The van der Waals surface area contributed by atoms with Gasteiger partial charge in [0.25, 0.3) is 0 Å². The van der Waals surface area contributed by atoms with E-state index in [0.717, 1.165) is 31.1 Å². The normalized spacial score (nSPS) is 15.9. The van der Waals surface area contributed by atoms with Crippen LogP contribution in [0.4, 0.5) is 0 Å². The van der Waals surface area contributed by atoms with Crippen molar-refractivity contribution < 1.29 is 4.79 Å².